The van der Waals surface area contributed by atoms with Crippen LogP contribution in [-0.4, -0.2) is 31.1 Å². The van der Waals surface area contributed by atoms with Crippen LogP contribution >= 0.6 is 11.6 Å². The zero-order valence-corrected chi connectivity index (χ0v) is 17.9. The molecule has 0 saturated heterocycles. The third-order valence-electron chi connectivity index (χ3n) is 3.86. The van der Waals surface area contributed by atoms with Crippen molar-refractivity contribution in [1.82, 2.24) is 5.32 Å². The van der Waals surface area contributed by atoms with Crippen LogP contribution < -0.4 is 20.1 Å². The molecular weight excluding hydrogens is 392 g/mol. The summed E-state index contributed by atoms with van der Waals surface area (Å²) >= 11 is 6.07. The standard InChI is InChI=1S/C22H27ClN2O4/c1-5-11-29-19-10-7-15(12-20(19)28-6-2)21(26)25-18-13-16(23)8-9-17(18)22(27)24-14(3)4/h7-10,12-14H,5-6,11H2,1-4H3,(H,24,27)(H,25,26). The van der Waals surface area contributed by atoms with E-state index in [0.717, 1.165) is 6.42 Å². The number of carbonyl (C=O) groups is 2. The van der Waals surface area contributed by atoms with E-state index in [1.165, 1.54) is 0 Å². The lowest BCUT2D eigenvalue weighted by atomic mass is 10.1. The number of benzene rings is 2. The Kier molecular flexibility index (Phi) is 8.34. The van der Waals surface area contributed by atoms with Crippen molar-refractivity contribution in [3.05, 3.63) is 52.5 Å². The topological polar surface area (TPSA) is 76.7 Å². The first-order valence-corrected chi connectivity index (χ1v) is 10.0. The minimum atomic E-state index is -0.381. The van der Waals surface area contributed by atoms with E-state index >= 15 is 0 Å². The van der Waals surface area contributed by atoms with Gasteiger partial charge in [0.1, 0.15) is 0 Å². The summed E-state index contributed by atoms with van der Waals surface area (Å²) in [6.45, 7) is 8.61. The molecule has 0 unspecified atom stereocenters. The zero-order valence-electron chi connectivity index (χ0n) is 17.2. The highest BCUT2D eigenvalue weighted by Crippen LogP contribution is 2.29. The molecule has 0 bridgehead atoms. The van der Waals surface area contributed by atoms with E-state index in [1.54, 1.807) is 36.4 Å². The summed E-state index contributed by atoms with van der Waals surface area (Å²) < 4.78 is 11.3. The number of rotatable bonds is 9. The van der Waals surface area contributed by atoms with Crippen LogP contribution in [0.5, 0.6) is 11.5 Å². The molecule has 156 valence electrons. The number of anilines is 1. The highest BCUT2D eigenvalue weighted by Gasteiger charge is 2.17. The molecule has 0 atom stereocenters. The molecule has 2 N–H and O–H groups in total. The van der Waals surface area contributed by atoms with Crippen molar-refractivity contribution < 1.29 is 19.1 Å². The molecule has 0 aliphatic carbocycles. The third-order valence-corrected chi connectivity index (χ3v) is 4.10. The smallest absolute Gasteiger partial charge is 0.255 e. The molecule has 0 heterocycles. The van der Waals surface area contributed by atoms with Gasteiger partial charge in [0.05, 0.1) is 24.5 Å². The monoisotopic (exact) mass is 418 g/mol. The van der Waals surface area contributed by atoms with Gasteiger partial charge in [0.15, 0.2) is 11.5 Å². The first kappa shape index (κ1) is 22.6. The highest BCUT2D eigenvalue weighted by molar-refractivity contribution is 6.31. The number of hydrogen-bond acceptors (Lipinski definition) is 4. The second kappa shape index (κ2) is 10.7. The van der Waals surface area contributed by atoms with Gasteiger partial charge < -0.3 is 20.1 Å². The number of hydrogen-bond donors (Lipinski definition) is 2. The highest BCUT2D eigenvalue weighted by atomic mass is 35.5. The minimum absolute atomic E-state index is 0.0360. The molecule has 2 amide bonds. The van der Waals surface area contributed by atoms with Crippen LogP contribution in [0.1, 0.15) is 54.8 Å². The second-order valence-electron chi connectivity index (χ2n) is 6.72. The molecule has 0 fully saturated rings. The van der Waals surface area contributed by atoms with Crippen LogP contribution in [0.3, 0.4) is 0 Å². The third kappa shape index (κ3) is 6.39. The maximum atomic E-state index is 12.8. The Morgan fingerprint density at radius 3 is 2.41 bits per heavy atom. The van der Waals surface area contributed by atoms with Crippen LogP contribution in [0.25, 0.3) is 0 Å². The lowest BCUT2D eigenvalue weighted by molar-refractivity contribution is 0.0944. The summed E-state index contributed by atoms with van der Waals surface area (Å²) in [4.78, 5) is 25.3. The maximum Gasteiger partial charge on any atom is 0.255 e. The van der Waals surface area contributed by atoms with Gasteiger partial charge in [0, 0.05) is 16.6 Å². The summed E-state index contributed by atoms with van der Waals surface area (Å²) in [6, 6.07) is 9.70. The van der Waals surface area contributed by atoms with Crippen molar-refractivity contribution in [1.29, 1.82) is 0 Å². The summed E-state index contributed by atoms with van der Waals surface area (Å²) in [5.41, 5.74) is 1.06. The Hall–Kier alpha value is -2.73. The van der Waals surface area contributed by atoms with E-state index in [-0.39, 0.29) is 17.9 Å². The normalized spacial score (nSPS) is 10.6. The number of amides is 2. The van der Waals surface area contributed by atoms with Crippen molar-refractivity contribution in [2.24, 2.45) is 0 Å². The molecule has 0 radical (unpaired) electrons. The Balaban J connectivity index is 2.29. The van der Waals surface area contributed by atoms with Gasteiger partial charge in [-0.2, -0.15) is 0 Å². The van der Waals surface area contributed by atoms with Gasteiger partial charge in [-0.05, 0) is 63.6 Å². The van der Waals surface area contributed by atoms with Gasteiger partial charge in [-0.3, -0.25) is 9.59 Å². The number of carbonyl (C=O) groups excluding carboxylic acids is 2. The number of halogens is 1. The summed E-state index contributed by atoms with van der Waals surface area (Å²) in [5, 5.41) is 6.00. The molecule has 2 rings (SSSR count). The first-order valence-electron chi connectivity index (χ1n) is 9.67. The van der Waals surface area contributed by atoms with Crippen molar-refractivity contribution in [3.8, 4) is 11.5 Å². The predicted molar refractivity (Wildman–Crippen MR) is 115 cm³/mol. The maximum absolute atomic E-state index is 12.8. The largest absolute Gasteiger partial charge is 0.490 e. The molecule has 7 heteroatoms. The second-order valence-corrected chi connectivity index (χ2v) is 7.15. The molecule has 0 aliphatic rings. The van der Waals surface area contributed by atoms with Gasteiger partial charge in [-0.25, -0.2) is 0 Å². The SMILES string of the molecule is CCCOc1ccc(C(=O)Nc2cc(Cl)ccc2C(=O)NC(C)C)cc1OCC. The van der Waals surface area contributed by atoms with Crippen molar-refractivity contribution >= 4 is 29.1 Å². The molecule has 0 aromatic heterocycles. The van der Waals surface area contributed by atoms with E-state index in [9.17, 15) is 9.59 Å². The Morgan fingerprint density at radius 2 is 1.76 bits per heavy atom. The fourth-order valence-electron chi connectivity index (χ4n) is 2.60. The van der Waals surface area contributed by atoms with Crippen LogP contribution in [0.4, 0.5) is 5.69 Å². The van der Waals surface area contributed by atoms with Crippen LogP contribution in [-0.2, 0) is 0 Å². The number of nitrogens with one attached hydrogen (secondary N) is 2. The van der Waals surface area contributed by atoms with E-state index in [0.29, 0.717) is 46.5 Å². The van der Waals surface area contributed by atoms with Crippen LogP contribution in [0, 0.1) is 0 Å². The number of ether oxygens (including phenoxy) is 2. The molecular formula is C22H27ClN2O4. The lowest BCUT2D eigenvalue weighted by Gasteiger charge is -2.15. The van der Waals surface area contributed by atoms with Gasteiger partial charge in [0.2, 0.25) is 0 Å². The van der Waals surface area contributed by atoms with E-state index in [4.69, 9.17) is 21.1 Å². The van der Waals surface area contributed by atoms with Gasteiger partial charge in [-0.1, -0.05) is 18.5 Å². The Labute approximate surface area is 176 Å². The quantitative estimate of drug-likeness (QED) is 0.606. The molecule has 2 aromatic carbocycles. The van der Waals surface area contributed by atoms with E-state index in [1.807, 2.05) is 27.7 Å². The molecule has 6 nitrogen and oxygen atoms in total. The lowest BCUT2D eigenvalue weighted by Crippen LogP contribution is -2.31. The van der Waals surface area contributed by atoms with E-state index < -0.39 is 0 Å². The summed E-state index contributed by atoms with van der Waals surface area (Å²) in [5.74, 6) is 0.418. The van der Waals surface area contributed by atoms with Crippen molar-refractivity contribution in [3.63, 3.8) is 0 Å². The average Bonchev–Trinajstić information content (AvgIpc) is 2.66. The zero-order chi connectivity index (χ0) is 21.4. The Morgan fingerprint density at radius 1 is 1.00 bits per heavy atom. The average molecular weight is 419 g/mol. The molecule has 0 spiro atoms. The van der Waals surface area contributed by atoms with Gasteiger partial charge >= 0.3 is 0 Å². The van der Waals surface area contributed by atoms with Gasteiger partial charge in [0.25, 0.3) is 11.8 Å². The fourth-order valence-corrected chi connectivity index (χ4v) is 2.77. The fraction of sp³-hybridized carbons (Fsp3) is 0.364. The molecule has 0 saturated carbocycles. The molecule has 0 aliphatic heterocycles. The summed E-state index contributed by atoms with van der Waals surface area (Å²) in [6.07, 6.45) is 0.865. The first-order chi connectivity index (χ1) is 13.8. The van der Waals surface area contributed by atoms with Crippen molar-refractivity contribution in [2.75, 3.05) is 18.5 Å². The van der Waals surface area contributed by atoms with Crippen LogP contribution in [0.2, 0.25) is 5.02 Å². The molecule has 2 aromatic rings. The predicted octanol–water partition coefficient (Wildman–Crippen LogP) is 4.92. The molecule has 29 heavy (non-hydrogen) atoms. The van der Waals surface area contributed by atoms with Crippen LogP contribution in [0.15, 0.2) is 36.4 Å². The van der Waals surface area contributed by atoms with E-state index in [2.05, 4.69) is 10.6 Å². The van der Waals surface area contributed by atoms with Crippen molar-refractivity contribution in [2.45, 2.75) is 40.2 Å². The minimum Gasteiger partial charge on any atom is -0.490 e. The van der Waals surface area contributed by atoms with Gasteiger partial charge in [-0.15, -0.1) is 0 Å². The Bertz CT molecular complexity index is 868. The summed E-state index contributed by atoms with van der Waals surface area (Å²) in [7, 11) is 0.